The molecule has 15 nitrogen and oxygen atoms in total. The molecule has 17 heteroatoms. The highest BCUT2D eigenvalue weighted by Gasteiger charge is 2.35. The summed E-state index contributed by atoms with van der Waals surface area (Å²) in [6.07, 6.45) is 6.11. The van der Waals surface area contributed by atoms with Gasteiger partial charge in [0, 0.05) is 47.4 Å². The molecule has 0 saturated heterocycles. The number of carboxylic acid groups (broad SMARTS) is 1. The van der Waals surface area contributed by atoms with E-state index >= 15 is 0 Å². The van der Waals surface area contributed by atoms with E-state index in [2.05, 4.69) is 0 Å². The highest BCUT2D eigenvalue weighted by atomic mass is 16.6. The number of nitro groups is 2. The minimum Gasteiger partial charge on any atom is -0.480 e. The van der Waals surface area contributed by atoms with Crippen LogP contribution in [0.15, 0.2) is 36.4 Å². The Kier molecular flexibility index (Phi) is 11.3. The van der Waals surface area contributed by atoms with Crippen LogP contribution in [-0.2, 0) is 4.79 Å². The first-order valence-corrected chi connectivity index (χ1v) is 15.1. The lowest BCUT2D eigenvalue weighted by Crippen LogP contribution is -2.45. The molecule has 2 aromatic rings. The molecule has 0 aromatic heterocycles. The van der Waals surface area contributed by atoms with Gasteiger partial charge in [0.05, 0.1) is 9.85 Å². The standard InChI is InChI=1S/C29H35B2N3O12/c35-27(36)16-32(29(38)21-11-23(31(41)42)15-26(13-21)34(45)46)24-7-3-18(4-8-24)9-17-1-5-19(6-2-17)28(37)20-10-22(30(39)40)14-25(12-20)33(43)44/h10-15,17-19,24,39-42H,1-9,16H2,(H,35,36). The van der Waals surface area contributed by atoms with Gasteiger partial charge < -0.3 is 30.1 Å². The molecule has 0 atom stereocenters. The lowest BCUT2D eigenvalue weighted by molar-refractivity contribution is -0.385. The SMILES string of the molecule is O=C(O)CN(C(=O)c1cc(B(O)O)cc([N+](=O)[O-])c1)C1CCC(CC2CCC(C(=O)c3cc(B(O)O)cc([N+](=O)[O-])c3)CC2)CC1. The predicted octanol–water partition coefficient (Wildman–Crippen LogP) is 1.03. The van der Waals surface area contributed by atoms with E-state index in [1.165, 1.54) is 11.0 Å². The van der Waals surface area contributed by atoms with Gasteiger partial charge >= 0.3 is 20.2 Å². The molecule has 0 heterocycles. The van der Waals surface area contributed by atoms with E-state index in [0.29, 0.717) is 37.5 Å². The van der Waals surface area contributed by atoms with Crippen molar-refractivity contribution in [2.75, 3.05) is 6.54 Å². The first kappa shape index (κ1) is 34.7. The minimum atomic E-state index is -2.06. The molecule has 0 aliphatic heterocycles. The fourth-order valence-corrected chi connectivity index (χ4v) is 6.78. The first-order valence-electron chi connectivity index (χ1n) is 15.1. The van der Waals surface area contributed by atoms with Crippen LogP contribution in [0.3, 0.4) is 0 Å². The molecular weight excluding hydrogens is 604 g/mol. The number of carboxylic acids is 1. The van der Waals surface area contributed by atoms with Gasteiger partial charge in [0.15, 0.2) is 5.78 Å². The van der Waals surface area contributed by atoms with E-state index < -0.39 is 54.2 Å². The van der Waals surface area contributed by atoms with Crippen LogP contribution >= 0.6 is 0 Å². The summed E-state index contributed by atoms with van der Waals surface area (Å²) >= 11 is 0. The lowest BCUT2D eigenvalue weighted by atomic mass is 9.72. The predicted molar refractivity (Wildman–Crippen MR) is 165 cm³/mol. The molecule has 46 heavy (non-hydrogen) atoms. The Hall–Kier alpha value is -4.18. The molecule has 0 spiro atoms. The molecule has 0 radical (unpaired) electrons. The van der Waals surface area contributed by atoms with Crippen LogP contribution in [0.25, 0.3) is 0 Å². The lowest BCUT2D eigenvalue weighted by Gasteiger charge is -2.38. The molecule has 2 aliphatic carbocycles. The molecule has 2 aliphatic rings. The van der Waals surface area contributed by atoms with Gasteiger partial charge in [0.2, 0.25) is 0 Å². The molecule has 1 amide bonds. The number of hydrogen-bond donors (Lipinski definition) is 5. The Labute approximate surface area is 264 Å². The van der Waals surface area contributed by atoms with Gasteiger partial charge in [-0.3, -0.25) is 34.6 Å². The van der Waals surface area contributed by atoms with Gasteiger partial charge in [-0.1, -0.05) is 6.07 Å². The van der Waals surface area contributed by atoms with E-state index in [-0.39, 0.29) is 39.4 Å². The van der Waals surface area contributed by atoms with Crippen molar-refractivity contribution in [1.29, 1.82) is 0 Å². The van der Waals surface area contributed by atoms with Crippen molar-refractivity contribution in [3.05, 3.63) is 67.8 Å². The van der Waals surface area contributed by atoms with Crippen LogP contribution in [0.1, 0.15) is 78.5 Å². The number of carbonyl (C=O) groups is 3. The second-order valence-corrected chi connectivity index (χ2v) is 12.2. The third-order valence-corrected chi connectivity index (χ3v) is 9.14. The fraction of sp³-hybridized carbons (Fsp3) is 0.483. The Morgan fingerprint density at radius 3 is 1.63 bits per heavy atom. The van der Waals surface area contributed by atoms with Crippen LogP contribution in [-0.4, -0.2) is 84.4 Å². The third kappa shape index (κ3) is 8.54. The topological polar surface area (TPSA) is 242 Å². The molecule has 0 bridgehead atoms. The van der Waals surface area contributed by atoms with E-state index in [0.717, 1.165) is 62.4 Å². The second kappa shape index (κ2) is 14.9. The summed E-state index contributed by atoms with van der Waals surface area (Å²) in [5.41, 5.74) is -1.42. The number of nitro benzene ring substituents is 2. The first-order chi connectivity index (χ1) is 21.7. The Balaban J connectivity index is 1.35. The molecular formula is C29H35B2N3O12. The van der Waals surface area contributed by atoms with Crippen molar-refractivity contribution >= 4 is 54.2 Å². The number of rotatable bonds is 12. The zero-order valence-electron chi connectivity index (χ0n) is 24.9. The van der Waals surface area contributed by atoms with E-state index in [1.54, 1.807) is 0 Å². The maximum Gasteiger partial charge on any atom is 0.488 e. The van der Waals surface area contributed by atoms with Gasteiger partial charge in [-0.05, 0) is 86.6 Å². The number of non-ortho nitro benzene ring substituents is 2. The Morgan fingerprint density at radius 2 is 1.17 bits per heavy atom. The van der Waals surface area contributed by atoms with Crippen LogP contribution in [0.5, 0.6) is 0 Å². The largest absolute Gasteiger partial charge is 0.488 e. The number of amides is 1. The molecule has 2 saturated carbocycles. The summed E-state index contributed by atoms with van der Waals surface area (Å²) < 4.78 is 0. The van der Waals surface area contributed by atoms with E-state index in [4.69, 9.17) is 0 Å². The average Bonchev–Trinajstić information content (AvgIpc) is 3.03. The van der Waals surface area contributed by atoms with Crippen LogP contribution in [0.4, 0.5) is 11.4 Å². The summed E-state index contributed by atoms with van der Waals surface area (Å²) in [5.74, 6) is -1.94. The summed E-state index contributed by atoms with van der Waals surface area (Å²) in [4.78, 5) is 60.6. The molecule has 4 rings (SSSR count). The Bertz CT molecular complexity index is 1490. The van der Waals surface area contributed by atoms with Gasteiger partial charge in [0.1, 0.15) is 6.54 Å². The summed E-state index contributed by atoms with van der Waals surface area (Å²) in [5, 5.41) is 70.2. The number of carbonyl (C=O) groups excluding carboxylic acids is 2. The third-order valence-electron chi connectivity index (χ3n) is 9.14. The van der Waals surface area contributed by atoms with Crippen molar-refractivity contribution < 1.29 is 49.4 Å². The number of hydrogen-bond acceptors (Lipinski definition) is 11. The fourth-order valence-electron chi connectivity index (χ4n) is 6.78. The molecule has 5 N–H and O–H groups in total. The zero-order valence-corrected chi connectivity index (χ0v) is 24.9. The smallest absolute Gasteiger partial charge is 0.480 e. The molecule has 2 fully saturated rings. The molecule has 244 valence electrons. The van der Waals surface area contributed by atoms with Crippen LogP contribution in [0, 0.1) is 38.0 Å². The highest BCUT2D eigenvalue weighted by molar-refractivity contribution is 6.59. The minimum absolute atomic E-state index is 0.0772. The van der Waals surface area contributed by atoms with Crippen molar-refractivity contribution in [3.63, 3.8) is 0 Å². The number of Topliss-reactive ketones (excluding diaryl/α,β-unsaturated/α-hetero) is 1. The van der Waals surface area contributed by atoms with Gasteiger partial charge in [0.25, 0.3) is 17.3 Å². The summed E-state index contributed by atoms with van der Waals surface area (Å²) in [6.45, 7) is -0.616. The van der Waals surface area contributed by atoms with Gasteiger partial charge in [-0.2, -0.15) is 0 Å². The highest BCUT2D eigenvalue weighted by Crippen LogP contribution is 2.39. The quantitative estimate of drug-likeness (QED) is 0.0947. The maximum absolute atomic E-state index is 13.4. The summed E-state index contributed by atoms with van der Waals surface area (Å²) in [7, 11) is -4.00. The number of benzene rings is 2. The zero-order chi connectivity index (χ0) is 33.7. The van der Waals surface area contributed by atoms with E-state index in [9.17, 15) is 59.8 Å². The van der Waals surface area contributed by atoms with Gasteiger partial charge in [-0.25, -0.2) is 0 Å². The molecule has 2 aromatic carbocycles. The van der Waals surface area contributed by atoms with Gasteiger partial charge in [-0.15, -0.1) is 0 Å². The number of aliphatic carboxylic acids is 1. The Morgan fingerprint density at radius 1 is 0.717 bits per heavy atom. The van der Waals surface area contributed by atoms with Crippen LogP contribution in [0.2, 0.25) is 0 Å². The van der Waals surface area contributed by atoms with Crippen molar-refractivity contribution in [3.8, 4) is 0 Å². The average molecular weight is 639 g/mol. The van der Waals surface area contributed by atoms with Crippen molar-refractivity contribution in [2.45, 2.75) is 63.8 Å². The van der Waals surface area contributed by atoms with Crippen molar-refractivity contribution in [1.82, 2.24) is 4.90 Å². The van der Waals surface area contributed by atoms with E-state index in [1.807, 2.05) is 0 Å². The second-order valence-electron chi connectivity index (χ2n) is 12.2. The summed E-state index contributed by atoms with van der Waals surface area (Å²) in [6, 6.07) is 6.06. The molecule has 0 unspecified atom stereocenters. The van der Waals surface area contributed by atoms with Crippen LogP contribution < -0.4 is 10.9 Å². The number of ketones is 1. The number of nitrogens with zero attached hydrogens (tertiary/aromatic N) is 3. The monoisotopic (exact) mass is 639 g/mol. The maximum atomic E-state index is 13.4. The normalized spacial score (nSPS) is 21.2. The van der Waals surface area contributed by atoms with Crippen molar-refractivity contribution in [2.24, 2.45) is 17.8 Å².